The summed E-state index contributed by atoms with van der Waals surface area (Å²) in [6.45, 7) is 0. The zero-order chi connectivity index (χ0) is 41.9. The monoisotopic (exact) mass is 846 g/mol. The molecule has 0 saturated carbocycles. The maximum atomic E-state index is 2.49. The highest BCUT2D eigenvalue weighted by Crippen LogP contribution is 2.53. The van der Waals surface area contributed by atoms with Gasteiger partial charge in [-0.25, -0.2) is 0 Å². The minimum atomic E-state index is 0.264. The van der Waals surface area contributed by atoms with E-state index in [0.717, 1.165) is 0 Å². The smallest absolute Gasteiger partial charge is 0.0540 e. The van der Waals surface area contributed by atoms with Gasteiger partial charge in [0.15, 0.2) is 0 Å². The van der Waals surface area contributed by atoms with Gasteiger partial charge in [0.05, 0.1) is 9.40 Å². The molecule has 0 fully saturated rings. The third kappa shape index (κ3) is 5.21. The first-order valence-electron chi connectivity index (χ1n) is 22.2. The second kappa shape index (κ2) is 14.1. The molecule has 0 amide bonds. The molecule has 64 heavy (non-hydrogen) atoms. The van der Waals surface area contributed by atoms with E-state index in [9.17, 15) is 0 Å². The highest BCUT2D eigenvalue weighted by Gasteiger charge is 2.35. The predicted octanol–water partition coefficient (Wildman–Crippen LogP) is 17.9. The van der Waals surface area contributed by atoms with E-state index in [1.165, 1.54) is 128 Å². The lowest BCUT2D eigenvalue weighted by Crippen LogP contribution is -2.22. The van der Waals surface area contributed by atoms with Crippen molar-refractivity contribution in [1.29, 1.82) is 0 Å². The van der Waals surface area contributed by atoms with Crippen LogP contribution in [0.4, 0.5) is 0 Å². The summed E-state index contributed by atoms with van der Waals surface area (Å²) < 4.78 is 5.43. The molecule has 2 aliphatic carbocycles. The molecule has 2 aliphatic rings. The summed E-state index contributed by atoms with van der Waals surface area (Å²) >= 11 is 3.93. The molecule has 2 heteroatoms. The van der Waals surface area contributed by atoms with Gasteiger partial charge in [-0.05, 0) is 100 Å². The molecule has 0 N–H and O–H groups in total. The van der Waals surface area contributed by atoms with E-state index in [4.69, 9.17) is 0 Å². The Hall–Kier alpha value is -7.36. The lowest BCUT2D eigenvalue weighted by atomic mass is 9.66. The van der Waals surface area contributed by atoms with Gasteiger partial charge >= 0.3 is 0 Å². The van der Waals surface area contributed by atoms with Crippen molar-refractivity contribution in [3.05, 3.63) is 246 Å². The minimum Gasteiger partial charge on any atom is -0.134 e. The van der Waals surface area contributed by atoms with Crippen LogP contribution in [0.1, 0.15) is 28.2 Å². The van der Waals surface area contributed by atoms with Gasteiger partial charge in [-0.15, -0.1) is 22.7 Å². The van der Waals surface area contributed by atoms with Crippen molar-refractivity contribution in [1.82, 2.24) is 0 Å². The fourth-order valence-electron chi connectivity index (χ4n) is 11.4. The number of allylic oxidation sites excluding steroid dienone is 5. The van der Waals surface area contributed by atoms with Crippen molar-refractivity contribution in [2.24, 2.45) is 5.92 Å². The van der Waals surface area contributed by atoms with Crippen molar-refractivity contribution in [3.8, 4) is 22.3 Å². The summed E-state index contributed by atoms with van der Waals surface area (Å²) in [6, 6.07) is 72.7. The van der Waals surface area contributed by atoms with E-state index in [-0.39, 0.29) is 11.8 Å². The van der Waals surface area contributed by atoms with E-state index >= 15 is 0 Å². The van der Waals surface area contributed by atoms with E-state index in [2.05, 4.69) is 218 Å². The second-order valence-corrected chi connectivity index (χ2v) is 19.5. The van der Waals surface area contributed by atoms with Gasteiger partial charge in [-0.1, -0.05) is 206 Å². The maximum absolute atomic E-state index is 2.49. The van der Waals surface area contributed by atoms with Crippen LogP contribution in [-0.4, -0.2) is 0 Å². The largest absolute Gasteiger partial charge is 0.134 e. The molecule has 12 aromatic rings. The Morgan fingerprint density at radius 3 is 1.50 bits per heavy atom. The SMILES string of the molecule is C1=CC2=C(c3ccc4c(c3)sc3c5sc6cc(-c7c8ccccc8c(-c8ccccc8)c8ccccc78)ccc6c5c5ccccc5c43)c3ccccc3C(c3ccccc3)C2C=C1. The fraction of sp³-hybridized carbons (Fsp3) is 0.0323. The standard InChI is InChI=1S/C62H38S2/c1-3-17-37(18-4-1)55-41-21-7-11-25-45(41)57(46-26-12-8-22-42(46)55)39-31-33-51-53(35-39)63-61-59(51)49-29-15-16-30-50(49)60-52-34-32-40(36-54(52)64-62(60)61)58-47-27-13-9-23-43(47)56(38-19-5-2-6-20-38)44-24-10-14-28-48(44)58/h1-36,41,55H. The van der Waals surface area contributed by atoms with Crippen LogP contribution >= 0.6 is 22.7 Å². The maximum Gasteiger partial charge on any atom is 0.0540 e. The number of hydrogen-bond acceptors (Lipinski definition) is 2. The Morgan fingerprint density at radius 1 is 0.375 bits per heavy atom. The summed E-state index contributed by atoms with van der Waals surface area (Å²) in [6.07, 6.45) is 9.25. The normalized spacial score (nSPS) is 15.9. The molecule has 0 bridgehead atoms. The number of fused-ring (bicyclic) bond motifs is 14. The summed E-state index contributed by atoms with van der Waals surface area (Å²) in [5, 5.41) is 13.2. The fourth-order valence-corrected chi connectivity index (χ4v) is 14.1. The first-order valence-corrected chi connectivity index (χ1v) is 23.9. The van der Waals surface area contributed by atoms with E-state index in [1.54, 1.807) is 0 Å². The third-order valence-corrected chi connectivity index (χ3v) is 16.5. The predicted molar refractivity (Wildman–Crippen MR) is 278 cm³/mol. The molecule has 14 rings (SSSR count). The molecule has 2 aromatic heterocycles. The number of rotatable bonds is 4. The molecule has 0 saturated heterocycles. The minimum absolute atomic E-state index is 0.264. The molecule has 0 spiro atoms. The van der Waals surface area contributed by atoms with Crippen LogP contribution in [0.15, 0.2) is 224 Å². The number of benzene rings is 10. The Balaban J connectivity index is 0.985. The average Bonchev–Trinajstić information content (AvgIpc) is 3.94. The van der Waals surface area contributed by atoms with Gasteiger partial charge in [0.25, 0.3) is 0 Å². The van der Waals surface area contributed by atoms with Crippen molar-refractivity contribution in [2.75, 3.05) is 0 Å². The molecular formula is C62H38S2. The van der Waals surface area contributed by atoms with Crippen molar-refractivity contribution in [2.45, 2.75) is 5.92 Å². The van der Waals surface area contributed by atoms with Crippen LogP contribution < -0.4 is 0 Å². The first-order chi connectivity index (χ1) is 31.8. The van der Waals surface area contributed by atoms with Crippen LogP contribution in [0.2, 0.25) is 0 Å². The van der Waals surface area contributed by atoms with Gasteiger partial charge in [0, 0.05) is 42.8 Å². The Labute approximate surface area is 379 Å². The van der Waals surface area contributed by atoms with E-state index in [1.807, 2.05) is 22.7 Å². The van der Waals surface area contributed by atoms with Crippen molar-refractivity contribution in [3.63, 3.8) is 0 Å². The first kappa shape index (κ1) is 36.2. The molecule has 2 atom stereocenters. The van der Waals surface area contributed by atoms with Gasteiger partial charge in [0.2, 0.25) is 0 Å². The van der Waals surface area contributed by atoms with Gasteiger partial charge in [-0.2, -0.15) is 0 Å². The zero-order valence-corrected chi connectivity index (χ0v) is 36.4. The number of thiophene rings is 2. The molecule has 10 aromatic carbocycles. The third-order valence-electron chi connectivity index (χ3n) is 14.1. The summed E-state index contributed by atoms with van der Waals surface area (Å²) in [4.78, 5) is 0. The topological polar surface area (TPSA) is 0 Å². The van der Waals surface area contributed by atoms with E-state index in [0.29, 0.717) is 0 Å². The van der Waals surface area contributed by atoms with E-state index < -0.39 is 0 Å². The van der Waals surface area contributed by atoms with Gasteiger partial charge in [0.1, 0.15) is 0 Å². The van der Waals surface area contributed by atoms with Crippen LogP contribution in [0.5, 0.6) is 0 Å². The summed E-state index contributed by atoms with van der Waals surface area (Å²) in [7, 11) is 0. The summed E-state index contributed by atoms with van der Waals surface area (Å²) in [5.41, 5.74) is 13.3. The molecule has 2 unspecified atom stereocenters. The Morgan fingerprint density at radius 2 is 0.875 bits per heavy atom. The molecular weight excluding hydrogens is 809 g/mol. The molecule has 298 valence electrons. The second-order valence-electron chi connectivity index (χ2n) is 17.4. The van der Waals surface area contributed by atoms with Crippen LogP contribution in [0.25, 0.3) is 100 Å². The van der Waals surface area contributed by atoms with Crippen LogP contribution in [0, 0.1) is 5.92 Å². The number of hydrogen-bond donors (Lipinski definition) is 0. The average molecular weight is 847 g/mol. The highest BCUT2D eigenvalue weighted by molar-refractivity contribution is 7.33. The van der Waals surface area contributed by atoms with Crippen LogP contribution in [0.3, 0.4) is 0 Å². The quantitative estimate of drug-likeness (QED) is 0.155. The molecule has 0 radical (unpaired) electrons. The molecule has 0 nitrogen and oxygen atoms in total. The lowest BCUT2D eigenvalue weighted by molar-refractivity contribution is 0.649. The van der Waals surface area contributed by atoms with Gasteiger partial charge < -0.3 is 0 Å². The Kier molecular flexibility index (Phi) is 7.95. The lowest BCUT2D eigenvalue weighted by Gasteiger charge is -2.36. The van der Waals surface area contributed by atoms with Crippen molar-refractivity contribution >= 4 is 101 Å². The van der Waals surface area contributed by atoms with Gasteiger partial charge in [-0.3, -0.25) is 0 Å². The molecule has 0 aliphatic heterocycles. The van der Waals surface area contributed by atoms with Crippen LogP contribution in [-0.2, 0) is 0 Å². The Bertz CT molecular complexity index is 3950. The zero-order valence-electron chi connectivity index (χ0n) is 34.8. The van der Waals surface area contributed by atoms with Crippen molar-refractivity contribution < 1.29 is 0 Å². The highest BCUT2D eigenvalue weighted by atomic mass is 32.1. The molecule has 2 heterocycles. The summed E-state index contributed by atoms with van der Waals surface area (Å²) in [5.74, 6) is 0.532.